The molecule has 0 bridgehead atoms. The number of pyridine rings is 1. The fraction of sp³-hybridized carbons (Fsp3) is 0.241. The van der Waals surface area contributed by atoms with Crippen LogP contribution >= 0.6 is 0 Å². The summed E-state index contributed by atoms with van der Waals surface area (Å²) in [6.45, 7) is 2.98. The normalized spacial score (nSPS) is 15.4. The minimum absolute atomic E-state index is 0.0456. The molecule has 8 nitrogen and oxygen atoms in total. The van der Waals surface area contributed by atoms with Crippen molar-refractivity contribution < 1.29 is 31.6 Å². The number of rotatable bonds is 6. The zero-order chi connectivity index (χ0) is 29.1. The van der Waals surface area contributed by atoms with E-state index in [9.17, 15) is 27.2 Å². The van der Waals surface area contributed by atoms with E-state index in [2.05, 4.69) is 20.6 Å². The van der Waals surface area contributed by atoms with Crippen LogP contribution < -0.4 is 15.5 Å². The molecular formula is C29H25F4N5O3. The van der Waals surface area contributed by atoms with Crippen LogP contribution in [-0.4, -0.2) is 34.9 Å². The van der Waals surface area contributed by atoms with Crippen molar-refractivity contribution in [3.63, 3.8) is 0 Å². The number of halogens is 4. The number of carbonyl (C=O) groups excluding carboxylic acids is 2. The van der Waals surface area contributed by atoms with Crippen molar-refractivity contribution >= 4 is 29.2 Å². The summed E-state index contributed by atoms with van der Waals surface area (Å²) in [5, 5.41) is 4.91. The Labute approximate surface area is 232 Å². The average Bonchev–Trinajstić information content (AvgIpc) is 3.42. The van der Waals surface area contributed by atoms with Gasteiger partial charge in [0.2, 0.25) is 5.76 Å². The van der Waals surface area contributed by atoms with Crippen molar-refractivity contribution in [1.29, 1.82) is 0 Å². The molecule has 4 aromatic rings. The number of nitrogens with one attached hydrogen (secondary N) is 2. The third-order valence-electron chi connectivity index (χ3n) is 6.60. The Morgan fingerprint density at radius 1 is 1.00 bits per heavy atom. The first-order valence-electron chi connectivity index (χ1n) is 12.8. The quantitative estimate of drug-likeness (QED) is 0.254. The molecule has 0 saturated carbocycles. The molecule has 0 aliphatic carbocycles. The van der Waals surface area contributed by atoms with Gasteiger partial charge in [0.05, 0.1) is 16.9 Å². The standard InChI is InChI=1S/C29H25F4N5O3/c1-17-5-4-14-38(16-17)28-37-25(29(31,32)33)24(41-28)27(40)35-20-11-8-18(9-12-20)22-13-10-19(15-34-22)26(39)36-23-7-3-2-6-21(23)30/h2-3,6-13,15,17H,4-5,14,16H2,1H3,(H,35,40)(H,36,39). The van der Waals surface area contributed by atoms with Crippen molar-refractivity contribution in [1.82, 2.24) is 9.97 Å². The van der Waals surface area contributed by atoms with Gasteiger partial charge < -0.3 is 20.0 Å². The van der Waals surface area contributed by atoms with Gasteiger partial charge in [0.15, 0.2) is 5.69 Å². The summed E-state index contributed by atoms with van der Waals surface area (Å²) in [6, 6.07) is 14.9. The number of hydrogen-bond donors (Lipinski definition) is 2. The number of carbonyl (C=O) groups is 2. The fourth-order valence-electron chi connectivity index (χ4n) is 4.52. The second-order valence-electron chi connectivity index (χ2n) is 9.76. The summed E-state index contributed by atoms with van der Waals surface area (Å²) in [6.07, 6.45) is -1.79. The van der Waals surface area contributed by atoms with Crippen LogP contribution in [0, 0.1) is 11.7 Å². The molecule has 5 rings (SSSR count). The molecule has 3 heterocycles. The highest BCUT2D eigenvalue weighted by molar-refractivity contribution is 6.04. The van der Waals surface area contributed by atoms with Crippen LogP contribution in [0.3, 0.4) is 0 Å². The molecule has 0 spiro atoms. The number of amides is 2. The van der Waals surface area contributed by atoms with E-state index >= 15 is 0 Å². The molecule has 1 fully saturated rings. The van der Waals surface area contributed by atoms with Crippen LogP contribution in [-0.2, 0) is 6.18 Å². The maximum atomic E-state index is 13.8. The number of anilines is 3. The van der Waals surface area contributed by atoms with Crippen LogP contribution in [0.2, 0.25) is 0 Å². The summed E-state index contributed by atoms with van der Waals surface area (Å²) in [5.41, 5.74) is 0.248. The van der Waals surface area contributed by atoms with E-state index in [1.54, 1.807) is 29.2 Å². The Hall–Kier alpha value is -4.74. The Bertz CT molecular complexity index is 1550. The molecule has 1 unspecified atom stereocenters. The molecular weight excluding hydrogens is 542 g/mol. The molecule has 12 heteroatoms. The van der Waals surface area contributed by atoms with Gasteiger partial charge >= 0.3 is 6.18 Å². The molecule has 41 heavy (non-hydrogen) atoms. The molecule has 212 valence electrons. The third kappa shape index (κ3) is 6.37. The maximum Gasteiger partial charge on any atom is 0.437 e. The Kier molecular flexibility index (Phi) is 7.73. The summed E-state index contributed by atoms with van der Waals surface area (Å²) in [5.74, 6) is -2.80. The van der Waals surface area contributed by atoms with E-state index in [1.165, 1.54) is 42.6 Å². The molecule has 1 aliphatic heterocycles. The van der Waals surface area contributed by atoms with Crippen molar-refractivity contribution in [2.45, 2.75) is 25.9 Å². The van der Waals surface area contributed by atoms with Gasteiger partial charge in [-0.05, 0) is 55.2 Å². The van der Waals surface area contributed by atoms with Crippen LogP contribution in [0.5, 0.6) is 0 Å². The number of benzene rings is 2. The fourth-order valence-corrected chi connectivity index (χ4v) is 4.52. The van der Waals surface area contributed by atoms with Gasteiger partial charge in [-0.3, -0.25) is 14.6 Å². The van der Waals surface area contributed by atoms with E-state index in [0.717, 1.165) is 12.8 Å². The van der Waals surface area contributed by atoms with E-state index < -0.39 is 35.3 Å². The molecule has 1 atom stereocenters. The summed E-state index contributed by atoms with van der Waals surface area (Å²) < 4.78 is 60.2. The molecule has 2 aromatic carbocycles. The number of para-hydroxylation sites is 1. The second kappa shape index (κ2) is 11.4. The number of hydrogen-bond acceptors (Lipinski definition) is 6. The first-order valence-corrected chi connectivity index (χ1v) is 12.8. The van der Waals surface area contributed by atoms with Gasteiger partial charge in [-0.25, -0.2) is 4.39 Å². The van der Waals surface area contributed by atoms with Gasteiger partial charge in [0.1, 0.15) is 5.82 Å². The van der Waals surface area contributed by atoms with Crippen molar-refractivity contribution in [3.05, 3.63) is 89.7 Å². The monoisotopic (exact) mass is 567 g/mol. The lowest BCUT2D eigenvalue weighted by molar-refractivity contribution is -0.141. The molecule has 2 aromatic heterocycles. The highest BCUT2D eigenvalue weighted by atomic mass is 19.4. The lowest BCUT2D eigenvalue weighted by Crippen LogP contribution is -2.34. The molecule has 2 N–H and O–H groups in total. The van der Waals surface area contributed by atoms with E-state index in [4.69, 9.17) is 4.42 Å². The topological polar surface area (TPSA) is 100 Å². The van der Waals surface area contributed by atoms with Crippen LogP contribution in [0.4, 0.5) is 35.0 Å². The van der Waals surface area contributed by atoms with Gasteiger partial charge in [-0.1, -0.05) is 31.2 Å². The first-order chi connectivity index (χ1) is 19.6. The number of alkyl halides is 3. The van der Waals surface area contributed by atoms with E-state index in [-0.39, 0.29) is 28.9 Å². The Morgan fingerprint density at radius 3 is 2.41 bits per heavy atom. The van der Waals surface area contributed by atoms with Crippen molar-refractivity contribution in [2.24, 2.45) is 5.92 Å². The van der Waals surface area contributed by atoms with Gasteiger partial charge in [0, 0.05) is 30.5 Å². The Balaban J connectivity index is 1.27. The SMILES string of the molecule is CC1CCCN(c2nc(C(F)(F)F)c(C(=O)Nc3ccc(-c4ccc(C(=O)Nc5ccccc5F)cn4)cc3)o2)C1. The van der Waals surface area contributed by atoms with Gasteiger partial charge in [-0.15, -0.1) is 0 Å². The van der Waals surface area contributed by atoms with Crippen LogP contribution in [0.25, 0.3) is 11.3 Å². The zero-order valence-corrected chi connectivity index (χ0v) is 21.8. The lowest BCUT2D eigenvalue weighted by Gasteiger charge is -2.29. The minimum Gasteiger partial charge on any atom is -0.417 e. The molecule has 2 amide bonds. The minimum atomic E-state index is -4.87. The van der Waals surface area contributed by atoms with E-state index in [0.29, 0.717) is 24.3 Å². The number of piperidine rings is 1. The predicted octanol–water partition coefficient (Wildman–Crippen LogP) is 6.64. The average molecular weight is 568 g/mol. The summed E-state index contributed by atoms with van der Waals surface area (Å²) in [4.78, 5) is 34.8. The molecule has 1 aliphatic rings. The highest BCUT2D eigenvalue weighted by Crippen LogP contribution is 2.35. The highest BCUT2D eigenvalue weighted by Gasteiger charge is 2.42. The molecule has 0 radical (unpaired) electrons. The van der Waals surface area contributed by atoms with Gasteiger partial charge in [0.25, 0.3) is 17.8 Å². The zero-order valence-electron chi connectivity index (χ0n) is 21.8. The number of nitrogens with zero attached hydrogens (tertiary/aromatic N) is 3. The van der Waals surface area contributed by atoms with E-state index in [1.807, 2.05) is 6.92 Å². The summed E-state index contributed by atoms with van der Waals surface area (Å²) >= 11 is 0. The second-order valence-corrected chi connectivity index (χ2v) is 9.76. The first kappa shape index (κ1) is 27.8. The Morgan fingerprint density at radius 2 is 1.76 bits per heavy atom. The largest absolute Gasteiger partial charge is 0.437 e. The maximum absolute atomic E-state index is 13.8. The van der Waals surface area contributed by atoms with Gasteiger partial charge in [-0.2, -0.15) is 18.2 Å². The third-order valence-corrected chi connectivity index (χ3v) is 6.60. The number of oxazole rings is 1. The lowest BCUT2D eigenvalue weighted by atomic mass is 10.0. The van der Waals surface area contributed by atoms with Crippen LogP contribution in [0.1, 0.15) is 46.4 Å². The van der Waals surface area contributed by atoms with Crippen molar-refractivity contribution in [2.75, 3.05) is 28.6 Å². The predicted molar refractivity (Wildman–Crippen MR) is 144 cm³/mol. The number of aromatic nitrogens is 2. The molecule has 1 saturated heterocycles. The smallest absolute Gasteiger partial charge is 0.417 e. The van der Waals surface area contributed by atoms with Crippen molar-refractivity contribution in [3.8, 4) is 11.3 Å². The van der Waals surface area contributed by atoms with Crippen LogP contribution in [0.15, 0.2) is 71.3 Å². The summed E-state index contributed by atoms with van der Waals surface area (Å²) in [7, 11) is 0.